The molecule has 1 aliphatic heterocycles. The molecule has 1 aliphatic rings. The Hall–Kier alpha value is -0.0400. The molecular formula is C10H22N+. The normalized spacial score (nSPS) is 44.7. The summed E-state index contributed by atoms with van der Waals surface area (Å²) in [5.41, 5.74) is 0. The van der Waals surface area contributed by atoms with Gasteiger partial charge in [-0.3, -0.25) is 0 Å². The summed E-state index contributed by atoms with van der Waals surface area (Å²) in [6.45, 7) is 9.77. The predicted octanol–water partition coefficient (Wildman–Crippen LogP) is 2.27. The molecule has 1 rings (SSSR count). The molecule has 0 spiro atoms. The van der Waals surface area contributed by atoms with Crippen molar-refractivity contribution < 1.29 is 4.48 Å². The fourth-order valence-corrected chi connectivity index (χ4v) is 2.71. The second-order valence-electron chi connectivity index (χ2n) is 4.26. The van der Waals surface area contributed by atoms with Crippen LogP contribution in [0.5, 0.6) is 0 Å². The van der Waals surface area contributed by atoms with E-state index in [4.69, 9.17) is 0 Å². The van der Waals surface area contributed by atoms with Crippen LogP contribution in [0.4, 0.5) is 0 Å². The Morgan fingerprint density at radius 2 is 2.00 bits per heavy atom. The molecule has 0 aromatic carbocycles. The highest BCUT2D eigenvalue weighted by Crippen LogP contribution is 2.31. The van der Waals surface area contributed by atoms with E-state index in [0.717, 1.165) is 12.0 Å². The quantitative estimate of drug-likeness (QED) is 0.538. The van der Waals surface area contributed by atoms with Crippen LogP contribution in [0, 0.1) is 5.92 Å². The molecule has 1 heteroatoms. The smallest absolute Gasteiger partial charge is 0.0913 e. The number of quaternary nitrogens is 1. The highest BCUT2D eigenvalue weighted by molar-refractivity contribution is 4.72. The highest BCUT2D eigenvalue weighted by Gasteiger charge is 2.40. The van der Waals surface area contributed by atoms with Gasteiger partial charge in [-0.1, -0.05) is 13.8 Å². The van der Waals surface area contributed by atoms with Gasteiger partial charge in [-0.25, -0.2) is 0 Å². The monoisotopic (exact) mass is 156 g/mol. The van der Waals surface area contributed by atoms with Gasteiger partial charge in [-0.05, 0) is 13.3 Å². The summed E-state index contributed by atoms with van der Waals surface area (Å²) >= 11 is 0. The molecule has 1 saturated heterocycles. The number of nitrogens with zero attached hydrogens (tertiary/aromatic N) is 1. The summed E-state index contributed by atoms with van der Waals surface area (Å²) in [5, 5.41) is 0. The van der Waals surface area contributed by atoms with Gasteiger partial charge in [0.25, 0.3) is 0 Å². The van der Waals surface area contributed by atoms with E-state index in [-0.39, 0.29) is 0 Å². The molecule has 1 heterocycles. The third-order valence-electron chi connectivity index (χ3n) is 3.69. The average molecular weight is 156 g/mol. The van der Waals surface area contributed by atoms with Gasteiger partial charge in [-0.2, -0.15) is 0 Å². The van der Waals surface area contributed by atoms with E-state index in [1.807, 2.05) is 0 Å². The minimum Gasteiger partial charge on any atom is -0.324 e. The van der Waals surface area contributed by atoms with E-state index >= 15 is 0 Å². The number of hydrogen-bond donors (Lipinski definition) is 0. The first-order valence-electron chi connectivity index (χ1n) is 4.98. The van der Waals surface area contributed by atoms with E-state index in [9.17, 15) is 0 Å². The zero-order valence-corrected chi connectivity index (χ0v) is 8.43. The maximum Gasteiger partial charge on any atom is 0.0913 e. The third kappa shape index (κ3) is 1.44. The molecule has 3 atom stereocenters. The zero-order valence-electron chi connectivity index (χ0n) is 8.43. The Balaban J connectivity index is 2.67. The van der Waals surface area contributed by atoms with Gasteiger partial charge in [0.15, 0.2) is 0 Å². The average Bonchev–Trinajstić information content (AvgIpc) is 2.29. The van der Waals surface area contributed by atoms with Gasteiger partial charge in [0.2, 0.25) is 0 Å². The van der Waals surface area contributed by atoms with E-state index in [2.05, 4.69) is 27.8 Å². The topological polar surface area (TPSA) is 0 Å². The summed E-state index contributed by atoms with van der Waals surface area (Å²) < 4.78 is 1.32. The molecule has 0 N–H and O–H groups in total. The van der Waals surface area contributed by atoms with Crippen molar-refractivity contribution in [2.45, 2.75) is 39.7 Å². The Morgan fingerprint density at radius 1 is 1.36 bits per heavy atom. The lowest BCUT2D eigenvalue weighted by Gasteiger charge is -2.36. The minimum absolute atomic E-state index is 0.931. The van der Waals surface area contributed by atoms with Crippen LogP contribution in [-0.4, -0.2) is 30.7 Å². The Bertz CT molecular complexity index is 133. The van der Waals surface area contributed by atoms with E-state index in [1.54, 1.807) is 0 Å². The number of hydrogen-bond acceptors (Lipinski definition) is 0. The fourth-order valence-electron chi connectivity index (χ4n) is 2.71. The largest absolute Gasteiger partial charge is 0.324 e. The predicted molar refractivity (Wildman–Crippen MR) is 49.5 cm³/mol. The van der Waals surface area contributed by atoms with Gasteiger partial charge >= 0.3 is 0 Å². The van der Waals surface area contributed by atoms with Crippen LogP contribution in [0.15, 0.2) is 0 Å². The van der Waals surface area contributed by atoms with Crippen molar-refractivity contribution in [1.29, 1.82) is 0 Å². The summed E-state index contributed by atoms with van der Waals surface area (Å²) in [7, 11) is 2.41. The van der Waals surface area contributed by atoms with Crippen LogP contribution in [-0.2, 0) is 0 Å². The Morgan fingerprint density at radius 3 is 2.36 bits per heavy atom. The van der Waals surface area contributed by atoms with Crippen molar-refractivity contribution in [1.82, 2.24) is 0 Å². The van der Waals surface area contributed by atoms with Crippen molar-refractivity contribution in [3.8, 4) is 0 Å². The summed E-state index contributed by atoms with van der Waals surface area (Å²) in [6, 6.07) is 0.931. The van der Waals surface area contributed by atoms with Crippen LogP contribution in [0.2, 0.25) is 0 Å². The van der Waals surface area contributed by atoms with Crippen LogP contribution < -0.4 is 0 Å². The first-order valence-corrected chi connectivity index (χ1v) is 4.98. The van der Waals surface area contributed by atoms with Gasteiger partial charge in [0.05, 0.1) is 26.2 Å². The number of rotatable bonds is 2. The first-order chi connectivity index (χ1) is 5.14. The lowest BCUT2D eigenvalue weighted by Crippen LogP contribution is -2.48. The Labute approximate surface area is 71.0 Å². The van der Waals surface area contributed by atoms with Gasteiger partial charge < -0.3 is 4.48 Å². The summed E-state index contributed by atoms with van der Waals surface area (Å²) in [4.78, 5) is 0. The van der Waals surface area contributed by atoms with Crippen LogP contribution in [0.3, 0.4) is 0 Å². The second kappa shape index (κ2) is 3.14. The molecule has 1 nitrogen and oxygen atoms in total. The SMILES string of the molecule is CCC1C(C)CC[N+]1(C)CC. The molecule has 0 aromatic rings. The van der Waals surface area contributed by atoms with E-state index in [1.165, 1.54) is 30.4 Å². The lowest BCUT2D eigenvalue weighted by atomic mass is 10.00. The van der Waals surface area contributed by atoms with E-state index in [0.29, 0.717) is 0 Å². The van der Waals surface area contributed by atoms with Crippen molar-refractivity contribution >= 4 is 0 Å². The fraction of sp³-hybridized carbons (Fsp3) is 1.00. The van der Waals surface area contributed by atoms with Crippen molar-refractivity contribution in [2.24, 2.45) is 5.92 Å². The molecule has 11 heavy (non-hydrogen) atoms. The van der Waals surface area contributed by atoms with E-state index < -0.39 is 0 Å². The minimum atomic E-state index is 0.931. The second-order valence-corrected chi connectivity index (χ2v) is 4.26. The molecule has 0 aliphatic carbocycles. The molecule has 66 valence electrons. The van der Waals surface area contributed by atoms with Gasteiger partial charge in [-0.15, -0.1) is 0 Å². The molecule has 1 fully saturated rings. The lowest BCUT2D eigenvalue weighted by molar-refractivity contribution is -0.921. The van der Waals surface area contributed by atoms with Gasteiger partial charge in [0.1, 0.15) is 0 Å². The summed E-state index contributed by atoms with van der Waals surface area (Å²) in [5.74, 6) is 0.949. The maximum atomic E-state index is 2.41. The standard InChI is InChI=1S/C10H22N/c1-5-10-9(3)7-8-11(10,4)6-2/h9-10H,5-8H2,1-4H3/q+1. The Kier molecular flexibility index (Phi) is 2.58. The van der Waals surface area contributed by atoms with Crippen LogP contribution in [0.25, 0.3) is 0 Å². The summed E-state index contributed by atoms with van der Waals surface area (Å²) in [6.07, 6.45) is 2.79. The van der Waals surface area contributed by atoms with Crippen molar-refractivity contribution in [2.75, 3.05) is 20.1 Å². The third-order valence-corrected chi connectivity index (χ3v) is 3.69. The van der Waals surface area contributed by atoms with Crippen molar-refractivity contribution in [3.05, 3.63) is 0 Å². The molecule has 0 saturated carbocycles. The first kappa shape index (κ1) is 9.05. The van der Waals surface area contributed by atoms with Crippen molar-refractivity contribution in [3.63, 3.8) is 0 Å². The molecule has 0 aromatic heterocycles. The number of likely N-dealkylation sites (tertiary alicyclic amines) is 1. The van der Waals surface area contributed by atoms with Gasteiger partial charge in [0, 0.05) is 12.3 Å². The maximum absolute atomic E-state index is 2.41. The van der Waals surface area contributed by atoms with Crippen LogP contribution >= 0.6 is 0 Å². The molecule has 0 amide bonds. The molecule has 0 bridgehead atoms. The molecule has 0 radical (unpaired) electrons. The van der Waals surface area contributed by atoms with Crippen LogP contribution in [0.1, 0.15) is 33.6 Å². The molecular weight excluding hydrogens is 134 g/mol. The zero-order chi connectivity index (χ0) is 8.48. The highest BCUT2D eigenvalue weighted by atomic mass is 15.4. The molecule has 3 unspecified atom stereocenters.